The lowest BCUT2D eigenvalue weighted by molar-refractivity contribution is -0.117. The van der Waals surface area contributed by atoms with E-state index < -0.39 is 0 Å². The SMILES string of the molecule is Cc1ncnc(C)c1-c1cc(NC(=O)C2CC2)ccc1OCCN1CCC(C)C1. The van der Waals surface area contributed by atoms with Gasteiger partial charge in [-0.15, -0.1) is 0 Å². The topological polar surface area (TPSA) is 67.3 Å². The number of aromatic nitrogens is 2. The Bertz CT molecular complexity index is 874. The largest absolute Gasteiger partial charge is 0.492 e. The summed E-state index contributed by atoms with van der Waals surface area (Å²) in [6, 6.07) is 5.87. The number of nitrogens with one attached hydrogen (secondary N) is 1. The first kappa shape index (κ1) is 19.8. The highest BCUT2D eigenvalue weighted by atomic mass is 16.5. The second-order valence-corrected chi connectivity index (χ2v) is 8.44. The Morgan fingerprint density at radius 3 is 2.62 bits per heavy atom. The van der Waals surface area contributed by atoms with Crippen LogP contribution in [0.25, 0.3) is 11.1 Å². The van der Waals surface area contributed by atoms with Gasteiger partial charge >= 0.3 is 0 Å². The summed E-state index contributed by atoms with van der Waals surface area (Å²) < 4.78 is 6.21. The maximum Gasteiger partial charge on any atom is 0.227 e. The monoisotopic (exact) mass is 394 g/mol. The quantitative estimate of drug-likeness (QED) is 0.773. The van der Waals surface area contributed by atoms with Crippen molar-refractivity contribution in [2.24, 2.45) is 11.8 Å². The zero-order chi connectivity index (χ0) is 20.4. The summed E-state index contributed by atoms with van der Waals surface area (Å²) >= 11 is 0. The van der Waals surface area contributed by atoms with Gasteiger partial charge in [0, 0.05) is 47.2 Å². The van der Waals surface area contributed by atoms with Crippen LogP contribution in [0, 0.1) is 25.7 Å². The standard InChI is InChI=1S/C23H30N4O2/c1-15-8-9-27(13-15)10-11-29-21-7-6-19(26-23(28)18-4-5-18)12-20(21)22-16(2)24-14-25-17(22)3/h6-7,12,14-15,18H,4-5,8-11,13H2,1-3H3,(H,26,28). The van der Waals surface area contributed by atoms with Gasteiger partial charge in [-0.2, -0.15) is 0 Å². The molecule has 1 atom stereocenters. The second kappa shape index (κ2) is 8.49. The number of benzene rings is 1. The fourth-order valence-electron chi connectivity index (χ4n) is 4.02. The molecule has 6 nitrogen and oxygen atoms in total. The molecule has 2 fully saturated rings. The number of rotatable bonds is 7. The maximum atomic E-state index is 12.2. The van der Waals surface area contributed by atoms with Gasteiger partial charge in [0.2, 0.25) is 5.91 Å². The van der Waals surface area contributed by atoms with Crippen molar-refractivity contribution in [2.75, 3.05) is 31.6 Å². The number of amides is 1. The second-order valence-electron chi connectivity index (χ2n) is 8.44. The molecule has 0 bridgehead atoms. The zero-order valence-electron chi connectivity index (χ0n) is 17.6. The molecule has 1 aromatic carbocycles. The minimum atomic E-state index is 0.102. The average molecular weight is 395 g/mol. The molecule has 1 amide bonds. The number of hydrogen-bond acceptors (Lipinski definition) is 5. The Morgan fingerprint density at radius 1 is 1.21 bits per heavy atom. The molecular formula is C23H30N4O2. The lowest BCUT2D eigenvalue weighted by Gasteiger charge is -2.19. The molecule has 0 radical (unpaired) electrons. The lowest BCUT2D eigenvalue weighted by atomic mass is 10.0. The third kappa shape index (κ3) is 4.75. The molecule has 6 heteroatoms. The summed E-state index contributed by atoms with van der Waals surface area (Å²) in [5.74, 6) is 1.85. The fourth-order valence-corrected chi connectivity index (χ4v) is 4.02. The molecule has 1 unspecified atom stereocenters. The van der Waals surface area contributed by atoms with E-state index in [1.165, 1.54) is 6.42 Å². The minimum Gasteiger partial charge on any atom is -0.492 e. The Hall–Kier alpha value is -2.47. The molecular weight excluding hydrogens is 364 g/mol. The van der Waals surface area contributed by atoms with Crippen molar-refractivity contribution in [2.45, 2.75) is 40.0 Å². The van der Waals surface area contributed by atoms with Crippen LogP contribution in [0.3, 0.4) is 0 Å². The molecule has 1 aliphatic carbocycles. The van der Waals surface area contributed by atoms with E-state index in [4.69, 9.17) is 4.74 Å². The van der Waals surface area contributed by atoms with Crippen LogP contribution in [-0.4, -0.2) is 47.0 Å². The number of carbonyl (C=O) groups is 1. The molecule has 1 saturated heterocycles. The van der Waals surface area contributed by atoms with Crippen LogP contribution >= 0.6 is 0 Å². The number of ether oxygens (including phenoxy) is 1. The van der Waals surface area contributed by atoms with Crippen molar-refractivity contribution < 1.29 is 9.53 Å². The van der Waals surface area contributed by atoms with E-state index in [0.29, 0.717) is 6.61 Å². The van der Waals surface area contributed by atoms with Crippen LogP contribution in [-0.2, 0) is 4.79 Å². The highest BCUT2D eigenvalue weighted by Crippen LogP contribution is 2.36. The number of carbonyl (C=O) groups excluding carboxylic acids is 1. The molecule has 1 N–H and O–H groups in total. The van der Waals surface area contributed by atoms with Gasteiger partial charge in [-0.25, -0.2) is 9.97 Å². The van der Waals surface area contributed by atoms with Crippen molar-refractivity contribution in [1.82, 2.24) is 14.9 Å². The molecule has 2 aliphatic rings. The number of anilines is 1. The van der Waals surface area contributed by atoms with Crippen molar-refractivity contribution in [3.05, 3.63) is 35.9 Å². The normalized spacial score (nSPS) is 19.3. The zero-order valence-corrected chi connectivity index (χ0v) is 17.6. The summed E-state index contributed by atoms with van der Waals surface area (Å²) in [5.41, 5.74) is 4.51. The van der Waals surface area contributed by atoms with E-state index in [2.05, 4.69) is 27.1 Å². The van der Waals surface area contributed by atoms with Crippen molar-refractivity contribution in [3.63, 3.8) is 0 Å². The van der Waals surface area contributed by atoms with Crippen molar-refractivity contribution >= 4 is 11.6 Å². The van der Waals surface area contributed by atoms with Crippen molar-refractivity contribution in [1.29, 1.82) is 0 Å². The molecule has 29 heavy (non-hydrogen) atoms. The predicted octanol–water partition coefficient (Wildman–Crippen LogP) is 3.83. The molecule has 2 aromatic rings. The molecule has 1 aromatic heterocycles. The summed E-state index contributed by atoms with van der Waals surface area (Å²) in [5, 5.41) is 3.04. The van der Waals surface area contributed by atoms with Gasteiger partial charge in [-0.05, 0) is 63.8 Å². The number of likely N-dealkylation sites (tertiary alicyclic amines) is 1. The Morgan fingerprint density at radius 2 is 1.97 bits per heavy atom. The van der Waals surface area contributed by atoms with Crippen LogP contribution < -0.4 is 10.1 Å². The smallest absolute Gasteiger partial charge is 0.227 e. The molecule has 154 valence electrons. The highest BCUT2D eigenvalue weighted by molar-refractivity contribution is 5.95. The summed E-state index contributed by atoms with van der Waals surface area (Å²) in [6.45, 7) is 10.1. The predicted molar refractivity (Wildman–Crippen MR) is 114 cm³/mol. The maximum absolute atomic E-state index is 12.2. The van der Waals surface area contributed by atoms with Crippen LogP contribution in [0.4, 0.5) is 5.69 Å². The Kier molecular flexibility index (Phi) is 5.81. The third-order valence-electron chi connectivity index (χ3n) is 5.86. The number of hydrogen-bond donors (Lipinski definition) is 1. The summed E-state index contributed by atoms with van der Waals surface area (Å²) in [6.07, 6.45) is 4.82. The van der Waals surface area contributed by atoms with Crippen LogP contribution in [0.2, 0.25) is 0 Å². The molecule has 0 spiro atoms. The van der Waals surface area contributed by atoms with Crippen molar-refractivity contribution in [3.8, 4) is 16.9 Å². The van der Waals surface area contributed by atoms with Crippen LogP contribution in [0.15, 0.2) is 24.5 Å². The van der Waals surface area contributed by atoms with Gasteiger partial charge in [0.05, 0.1) is 0 Å². The van der Waals surface area contributed by atoms with E-state index in [0.717, 1.165) is 72.3 Å². The molecule has 1 aliphatic heterocycles. The van der Waals surface area contributed by atoms with Gasteiger partial charge < -0.3 is 10.1 Å². The number of nitrogens with zero attached hydrogens (tertiary/aromatic N) is 3. The minimum absolute atomic E-state index is 0.102. The third-order valence-corrected chi connectivity index (χ3v) is 5.86. The lowest BCUT2D eigenvalue weighted by Crippen LogP contribution is -2.26. The first-order valence-electron chi connectivity index (χ1n) is 10.6. The van der Waals surface area contributed by atoms with Gasteiger partial charge in [0.15, 0.2) is 0 Å². The van der Waals surface area contributed by atoms with Gasteiger partial charge in [0.25, 0.3) is 0 Å². The highest BCUT2D eigenvalue weighted by Gasteiger charge is 2.29. The van der Waals surface area contributed by atoms with Gasteiger partial charge in [0.1, 0.15) is 18.7 Å². The molecule has 1 saturated carbocycles. The van der Waals surface area contributed by atoms with E-state index >= 15 is 0 Å². The van der Waals surface area contributed by atoms with Gasteiger partial charge in [-0.1, -0.05) is 6.92 Å². The van der Waals surface area contributed by atoms with E-state index in [1.54, 1.807) is 6.33 Å². The van der Waals surface area contributed by atoms with Gasteiger partial charge in [-0.3, -0.25) is 9.69 Å². The molecule has 4 rings (SSSR count). The number of aryl methyl sites for hydroxylation is 2. The van der Waals surface area contributed by atoms with E-state index in [-0.39, 0.29) is 11.8 Å². The average Bonchev–Trinajstić information content (AvgIpc) is 3.46. The first-order valence-corrected chi connectivity index (χ1v) is 10.6. The fraction of sp³-hybridized carbons (Fsp3) is 0.522. The summed E-state index contributed by atoms with van der Waals surface area (Å²) in [7, 11) is 0. The van der Waals surface area contributed by atoms with Crippen LogP contribution in [0.5, 0.6) is 5.75 Å². The first-order chi connectivity index (χ1) is 14.0. The Labute approximate surface area is 172 Å². The molecule has 2 heterocycles. The van der Waals surface area contributed by atoms with E-state index in [9.17, 15) is 4.79 Å². The Balaban J connectivity index is 1.56. The van der Waals surface area contributed by atoms with Crippen LogP contribution in [0.1, 0.15) is 37.6 Å². The van der Waals surface area contributed by atoms with E-state index in [1.807, 2.05) is 32.0 Å². The summed E-state index contributed by atoms with van der Waals surface area (Å²) in [4.78, 5) is 23.4.